The quantitative estimate of drug-likeness (QED) is 0.766. The SMILES string of the molecule is OC(CCl)C(O)c1cccc(Cl)c1. The summed E-state index contributed by atoms with van der Waals surface area (Å²) < 4.78 is 0. The highest BCUT2D eigenvalue weighted by Gasteiger charge is 2.16. The molecule has 0 aliphatic rings. The van der Waals surface area contributed by atoms with E-state index in [9.17, 15) is 10.2 Å². The van der Waals surface area contributed by atoms with Crippen LogP contribution >= 0.6 is 23.2 Å². The molecule has 2 N–H and O–H groups in total. The van der Waals surface area contributed by atoms with Crippen molar-refractivity contribution in [3.63, 3.8) is 0 Å². The molecule has 1 rings (SSSR count). The maximum Gasteiger partial charge on any atom is 0.106 e. The van der Waals surface area contributed by atoms with E-state index in [1.807, 2.05) is 0 Å². The van der Waals surface area contributed by atoms with Gasteiger partial charge in [-0.25, -0.2) is 0 Å². The molecule has 0 aliphatic heterocycles. The van der Waals surface area contributed by atoms with E-state index in [1.54, 1.807) is 24.3 Å². The summed E-state index contributed by atoms with van der Waals surface area (Å²) in [6.45, 7) is 0. The standard InChI is InChI=1S/C9H10Cl2O2/c10-5-8(12)9(13)6-2-1-3-7(11)4-6/h1-4,8-9,12-13H,5H2. The lowest BCUT2D eigenvalue weighted by molar-refractivity contribution is 0.0327. The Bertz CT molecular complexity index is 278. The topological polar surface area (TPSA) is 40.5 Å². The van der Waals surface area contributed by atoms with Gasteiger partial charge < -0.3 is 10.2 Å². The third-order valence-electron chi connectivity index (χ3n) is 1.71. The zero-order chi connectivity index (χ0) is 9.84. The molecular weight excluding hydrogens is 211 g/mol. The highest BCUT2D eigenvalue weighted by atomic mass is 35.5. The van der Waals surface area contributed by atoms with E-state index in [0.717, 1.165) is 0 Å². The van der Waals surface area contributed by atoms with Gasteiger partial charge in [-0.05, 0) is 17.7 Å². The van der Waals surface area contributed by atoms with Crippen molar-refractivity contribution in [2.24, 2.45) is 0 Å². The van der Waals surface area contributed by atoms with E-state index in [4.69, 9.17) is 23.2 Å². The van der Waals surface area contributed by atoms with Crippen molar-refractivity contribution >= 4 is 23.2 Å². The molecule has 0 amide bonds. The second-order valence-corrected chi connectivity index (χ2v) is 3.47. The maximum absolute atomic E-state index is 9.52. The van der Waals surface area contributed by atoms with E-state index in [0.29, 0.717) is 10.6 Å². The average molecular weight is 221 g/mol. The summed E-state index contributed by atoms with van der Waals surface area (Å²) in [7, 11) is 0. The fourth-order valence-electron chi connectivity index (χ4n) is 0.997. The predicted octanol–water partition coefficient (Wildman–Crippen LogP) is 1.97. The number of hydrogen-bond donors (Lipinski definition) is 2. The second kappa shape index (κ2) is 4.82. The summed E-state index contributed by atoms with van der Waals surface area (Å²) >= 11 is 11.1. The summed E-state index contributed by atoms with van der Waals surface area (Å²) in [6, 6.07) is 6.70. The molecule has 0 heterocycles. The minimum absolute atomic E-state index is 0.00627. The first-order valence-electron chi connectivity index (χ1n) is 3.82. The third kappa shape index (κ3) is 2.85. The number of aliphatic hydroxyl groups excluding tert-OH is 2. The molecule has 13 heavy (non-hydrogen) atoms. The first kappa shape index (κ1) is 10.8. The van der Waals surface area contributed by atoms with Gasteiger partial charge in [0.2, 0.25) is 0 Å². The van der Waals surface area contributed by atoms with Crippen molar-refractivity contribution in [2.75, 3.05) is 5.88 Å². The lowest BCUT2D eigenvalue weighted by Crippen LogP contribution is -2.19. The van der Waals surface area contributed by atoms with Crippen molar-refractivity contribution in [3.05, 3.63) is 34.9 Å². The van der Waals surface area contributed by atoms with Crippen LogP contribution in [0.15, 0.2) is 24.3 Å². The highest BCUT2D eigenvalue weighted by Crippen LogP contribution is 2.20. The lowest BCUT2D eigenvalue weighted by Gasteiger charge is -2.15. The molecular formula is C9H10Cl2O2. The molecule has 72 valence electrons. The third-order valence-corrected chi connectivity index (χ3v) is 2.26. The molecule has 0 fully saturated rings. The Balaban J connectivity index is 2.82. The van der Waals surface area contributed by atoms with Gasteiger partial charge >= 0.3 is 0 Å². The van der Waals surface area contributed by atoms with Gasteiger partial charge in [0.15, 0.2) is 0 Å². The summed E-state index contributed by atoms with van der Waals surface area (Å²) in [5.41, 5.74) is 0.570. The molecule has 0 aliphatic carbocycles. The van der Waals surface area contributed by atoms with E-state index in [-0.39, 0.29) is 5.88 Å². The summed E-state index contributed by atoms with van der Waals surface area (Å²) in [6.07, 6.45) is -1.93. The molecule has 1 aromatic rings. The summed E-state index contributed by atoms with van der Waals surface area (Å²) in [5, 5.41) is 19.3. The van der Waals surface area contributed by atoms with E-state index < -0.39 is 12.2 Å². The Labute approximate surface area is 86.7 Å². The molecule has 0 bridgehead atoms. The number of halogens is 2. The summed E-state index contributed by atoms with van der Waals surface area (Å²) in [5.74, 6) is -0.00627. The van der Waals surface area contributed by atoms with Gasteiger partial charge in [0.05, 0.1) is 12.0 Å². The minimum Gasteiger partial charge on any atom is -0.389 e. The van der Waals surface area contributed by atoms with Crippen LogP contribution in [-0.2, 0) is 0 Å². The number of alkyl halides is 1. The Hall–Kier alpha value is -0.280. The highest BCUT2D eigenvalue weighted by molar-refractivity contribution is 6.30. The first-order valence-corrected chi connectivity index (χ1v) is 4.74. The zero-order valence-corrected chi connectivity index (χ0v) is 8.33. The molecule has 0 aromatic heterocycles. The van der Waals surface area contributed by atoms with E-state index in [2.05, 4.69) is 0 Å². The van der Waals surface area contributed by atoms with Crippen molar-refractivity contribution < 1.29 is 10.2 Å². The number of rotatable bonds is 3. The van der Waals surface area contributed by atoms with Gasteiger partial charge in [-0.2, -0.15) is 0 Å². The Morgan fingerprint density at radius 3 is 2.54 bits per heavy atom. The molecule has 4 heteroatoms. The van der Waals surface area contributed by atoms with Gasteiger partial charge in [0, 0.05) is 5.02 Å². The van der Waals surface area contributed by atoms with Gasteiger partial charge in [0.25, 0.3) is 0 Å². The van der Waals surface area contributed by atoms with Crippen molar-refractivity contribution in [1.82, 2.24) is 0 Å². The maximum atomic E-state index is 9.52. The van der Waals surface area contributed by atoms with Gasteiger partial charge in [-0.15, -0.1) is 11.6 Å². The van der Waals surface area contributed by atoms with Gasteiger partial charge in [-0.3, -0.25) is 0 Å². The molecule has 0 saturated heterocycles. The fourth-order valence-corrected chi connectivity index (χ4v) is 1.36. The molecule has 2 nitrogen and oxygen atoms in total. The van der Waals surface area contributed by atoms with Crippen LogP contribution in [0.2, 0.25) is 5.02 Å². The smallest absolute Gasteiger partial charge is 0.106 e. The fraction of sp³-hybridized carbons (Fsp3) is 0.333. The van der Waals surface area contributed by atoms with Crippen molar-refractivity contribution in [1.29, 1.82) is 0 Å². The van der Waals surface area contributed by atoms with E-state index in [1.165, 1.54) is 0 Å². The van der Waals surface area contributed by atoms with Crippen LogP contribution < -0.4 is 0 Å². The number of benzene rings is 1. The monoisotopic (exact) mass is 220 g/mol. The zero-order valence-electron chi connectivity index (χ0n) is 6.82. The first-order chi connectivity index (χ1) is 6.15. The molecule has 1 aromatic carbocycles. The normalized spacial score (nSPS) is 15.4. The Morgan fingerprint density at radius 2 is 2.00 bits per heavy atom. The van der Waals surface area contributed by atoms with E-state index >= 15 is 0 Å². The van der Waals surface area contributed by atoms with Crippen LogP contribution in [0, 0.1) is 0 Å². The van der Waals surface area contributed by atoms with Crippen LogP contribution in [0.3, 0.4) is 0 Å². The largest absolute Gasteiger partial charge is 0.389 e. The van der Waals surface area contributed by atoms with Gasteiger partial charge in [-0.1, -0.05) is 23.7 Å². The molecule has 0 saturated carbocycles. The average Bonchev–Trinajstić information content (AvgIpc) is 2.15. The minimum atomic E-state index is -0.976. The lowest BCUT2D eigenvalue weighted by atomic mass is 10.1. The van der Waals surface area contributed by atoms with Crippen LogP contribution in [0.5, 0.6) is 0 Å². The van der Waals surface area contributed by atoms with Gasteiger partial charge in [0.1, 0.15) is 6.10 Å². The van der Waals surface area contributed by atoms with Crippen molar-refractivity contribution in [3.8, 4) is 0 Å². The number of hydrogen-bond acceptors (Lipinski definition) is 2. The second-order valence-electron chi connectivity index (χ2n) is 2.72. The molecule has 2 atom stereocenters. The molecule has 0 radical (unpaired) electrons. The molecule has 0 spiro atoms. The number of aliphatic hydroxyl groups is 2. The van der Waals surface area contributed by atoms with Crippen LogP contribution in [-0.4, -0.2) is 22.2 Å². The van der Waals surface area contributed by atoms with Crippen LogP contribution in [0.25, 0.3) is 0 Å². The van der Waals surface area contributed by atoms with Crippen LogP contribution in [0.1, 0.15) is 11.7 Å². The Morgan fingerprint density at radius 1 is 1.31 bits per heavy atom. The predicted molar refractivity (Wildman–Crippen MR) is 53.1 cm³/mol. The summed E-state index contributed by atoms with van der Waals surface area (Å²) in [4.78, 5) is 0. The Kier molecular flexibility index (Phi) is 4.00. The van der Waals surface area contributed by atoms with Crippen LogP contribution in [0.4, 0.5) is 0 Å². The molecule has 2 unspecified atom stereocenters. The van der Waals surface area contributed by atoms with Crippen molar-refractivity contribution in [2.45, 2.75) is 12.2 Å².